The molecule has 0 aromatic heterocycles. The predicted octanol–water partition coefficient (Wildman–Crippen LogP) is 4.27. The molecule has 0 saturated carbocycles. The minimum absolute atomic E-state index is 0.0101. The van der Waals surface area contributed by atoms with Crippen LogP contribution in [0.5, 0.6) is 5.75 Å². The lowest BCUT2D eigenvalue weighted by Gasteiger charge is -2.07. The number of benzene rings is 3. The van der Waals surface area contributed by atoms with E-state index in [0.29, 0.717) is 0 Å². The molecule has 110 valence electrons. The van der Waals surface area contributed by atoms with Gasteiger partial charge in [-0.1, -0.05) is 42.5 Å². The van der Waals surface area contributed by atoms with Crippen molar-refractivity contribution in [2.45, 2.75) is 6.42 Å². The molecule has 4 heteroatoms. The van der Waals surface area contributed by atoms with Gasteiger partial charge in [0.25, 0.3) is 0 Å². The molecule has 0 atom stereocenters. The zero-order valence-electron chi connectivity index (χ0n) is 11.6. The highest BCUT2D eigenvalue weighted by atomic mass is 19.2. The van der Waals surface area contributed by atoms with Crippen LogP contribution in [0.3, 0.4) is 0 Å². The first-order valence-corrected chi connectivity index (χ1v) is 6.76. The first-order chi connectivity index (χ1) is 10.6. The fourth-order valence-electron chi connectivity index (χ4n) is 2.31. The van der Waals surface area contributed by atoms with E-state index in [1.54, 1.807) is 0 Å². The Balaban J connectivity index is 1.80. The van der Waals surface area contributed by atoms with Crippen molar-refractivity contribution in [2.75, 3.05) is 0 Å². The number of rotatable bonds is 3. The van der Waals surface area contributed by atoms with Crippen LogP contribution in [-0.2, 0) is 11.2 Å². The molecule has 0 aliphatic carbocycles. The molecule has 2 nitrogen and oxygen atoms in total. The molecule has 0 N–H and O–H groups in total. The van der Waals surface area contributed by atoms with Gasteiger partial charge in [-0.3, -0.25) is 4.79 Å². The van der Waals surface area contributed by atoms with Gasteiger partial charge in [-0.05, 0) is 28.5 Å². The fraction of sp³-hybridized carbons (Fsp3) is 0.0556. The number of carbonyl (C=O) groups is 1. The quantitative estimate of drug-likeness (QED) is 0.533. The van der Waals surface area contributed by atoms with Gasteiger partial charge in [0.15, 0.2) is 11.6 Å². The third-order valence-corrected chi connectivity index (χ3v) is 3.34. The predicted molar refractivity (Wildman–Crippen MR) is 79.6 cm³/mol. The number of fused-ring (bicyclic) bond motifs is 1. The summed E-state index contributed by atoms with van der Waals surface area (Å²) in [6.07, 6.45) is 0.0559. The Morgan fingerprint density at radius 1 is 0.909 bits per heavy atom. The average Bonchev–Trinajstić information content (AvgIpc) is 2.51. The van der Waals surface area contributed by atoms with E-state index >= 15 is 0 Å². The third-order valence-electron chi connectivity index (χ3n) is 3.34. The molecule has 0 spiro atoms. The summed E-state index contributed by atoms with van der Waals surface area (Å²) in [5.74, 6) is -2.56. The summed E-state index contributed by atoms with van der Waals surface area (Å²) >= 11 is 0. The van der Waals surface area contributed by atoms with E-state index in [-0.39, 0.29) is 12.2 Å². The van der Waals surface area contributed by atoms with Crippen molar-refractivity contribution in [1.82, 2.24) is 0 Å². The first-order valence-electron chi connectivity index (χ1n) is 6.76. The number of ether oxygens (including phenoxy) is 1. The molecule has 0 aliphatic heterocycles. The van der Waals surface area contributed by atoms with Crippen molar-refractivity contribution >= 4 is 16.7 Å². The summed E-state index contributed by atoms with van der Waals surface area (Å²) in [5.41, 5.74) is 0.825. The SMILES string of the molecule is O=C(Cc1cccc2ccccc12)Oc1ccc(F)c(F)c1. The smallest absolute Gasteiger partial charge is 0.315 e. The molecule has 0 aliphatic rings. The number of carbonyl (C=O) groups excluding carboxylic acids is 1. The Labute approximate surface area is 126 Å². The maximum atomic E-state index is 13.1. The van der Waals surface area contributed by atoms with Crippen molar-refractivity contribution in [2.24, 2.45) is 0 Å². The Kier molecular flexibility index (Phi) is 3.83. The molecule has 3 aromatic rings. The topological polar surface area (TPSA) is 26.3 Å². The number of hydrogen-bond acceptors (Lipinski definition) is 2. The van der Waals surface area contributed by atoms with Gasteiger partial charge in [0, 0.05) is 6.07 Å². The minimum Gasteiger partial charge on any atom is -0.426 e. The van der Waals surface area contributed by atoms with Crippen LogP contribution in [0, 0.1) is 11.6 Å². The van der Waals surface area contributed by atoms with Crippen LogP contribution < -0.4 is 4.74 Å². The highest BCUT2D eigenvalue weighted by Crippen LogP contribution is 2.20. The fourth-order valence-corrected chi connectivity index (χ4v) is 2.31. The minimum atomic E-state index is -1.05. The number of hydrogen-bond donors (Lipinski definition) is 0. The van der Waals surface area contributed by atoms with E-state index < -0.39 is 17.6 Å². The normalized spacial score (nSPS) is 10.6. The lowest BCUT2D eigenvalue weighted by molar-refractivity contribution is -0.133. The second kappa shape index (κ2) is 5.93. The lowest BCUT2D eigenvalue weighted by Crippen LogP contribution is -2.11. The van der Waals surface area contributed by atoms with Crippen LogP contribution in [0.2, 0.25) is 0 Å². The molecule has 0 heterocycles. The molecule has 0 saturated heterocycles. The van der Waals surface area contributed by atoms with Crippen LogP contribution >= 0.6 is 0 Å². The summed E-state index contributed by atoms with van der Waals surface area (Å²) in [6, 6.07) is 16.4. The molecular formula is C18H12F2O2. The molecule has 0 radical (unpaired) electrons. The highest BCUT2D eigenvalue weighted by Gasteiger charge is 2.11. The first kappa shape index (κ1) is 14.2. The van der Waals surface area contributed by atoms with Gasteiger partial charge >= 0.3 is 5.97 Å². The van der Waals surface area contributed by atoms with Crippen molar-refractivity contribution in [3.05, 3.63) is 77.9 Å². The van der Waals surface area contributed by atoms with Crippen LogP contribution in [0.1, 0.15) is 5.56 Å². The van der Waals surface area contributed by atoms with E-state index in [0.717, 1.165) is 28.5 Å². The van der Waals surface area contributed by atoms with E-state index in [9.17, 15) is 13.6 Å². The van der Waals surface area contributed by atoms with Gasteiger partial charge in [0.2, 0.25) is 0 Å². The summed E-state index contributed by atoms with van der Waals surface area (Å²) in [7, 11) is 0. The van der Waals surface area contributed by atoms with Crippen molar-refractivity contribution < 1.29 is 18.3 Å². The zero-order chi connectivity index (χ0) is 15.5. The highest BCUT2D eigenvalue weighted by molar-refractivity contribution is 5.89. The molecule has 3 rings (SSSR count). The Morgan fingerprint density at radius 2 is 1.68 bits per heavy atom. The molecule has 0 fully saturated rings. The average molecular weight is 298 g/mol. The lowest BCUT2D eigenvalue weighted by atomic mass is 10.0. The third kappa shape index (κ3) is 2.96. The monoisotopic (exact) mass is 298 g/mol. The molecule has 3 aromatic carbocycles. The van der Waals surface area contributed by atoms with Gasteiger partial charge in [-0.25, -0.2) is 8.78 Å². The number of halogens is 2. The summed E-state index contributed by atoms with van der Waals surface area (Å²) in [6.45, 7) is 0. The Bertz CT molecular complexity index is 838. The van der Waals surface area contributed by atoms with Crippen LogP contribution in [-0.4, -0.2) is 5.97 Å². The van der Waals surface area contributed by atoms with Crippen LogP contribution in [0.4, 0.5) is 8.78 Å². The Hall–Kier alpha value is -2.75. The molecule has 0 bridgehead atoms. The van der Waals surface area contributed by atoms with E-state index in [1.165, 1.54) is 6.07 Å². The van der Waals surface area contributed by atoms with Gasteiger partial charge in [-0.2, -0.15) is 0 Å². The second-order valence-corrected chi connectivity index (χ2v) is 4.87. The largest absolute Gasteiger partial charge is 0.426 e. The number of esters is 1. The molecular weight excluding hydrogens is 286 g/mol. The second-order valence-electron chi connectivity index (χ2n) is 4.87. The zero-order valence-corrected chi connectivity index (χ0v) is 11.6. The van der Waals surface area contributed by atoms with Gasteiger partial charge in [-0.15, -0.1) is 0 Å². The summed E-state index contributed by atoms with van der Waals surface area (Å²) < 4.78 is 31.0. The Morgan fingerprint density at radius 3 is 2.50 bits per heavy atom. The van der Waals surface area contributed by atoms with E-state index in [1.807, 2.05) is 42.5 Å². The van der Waals surface area contributed by atoms with Crippen LogP contribution in [0.25, 0.3) is 10.8 Å². The maximum Gasteiger partial charge on any atom is 0.315 e. The van der Waals surface area contributed by atoms with Crippen LogP contribution in [0.15, 0.2) is 60.7 Å². The van der Waals surface area contributed by atoms with Crippen molar-refractivity contribution in [1.29, 1.82) is 0 Å². The van der Waals surface area contributed by atoms with Crippen molar-refractivity contribution in [3.63, 3.8) is 0 Å². The van der Waals surface area contributed by atoms with Crippen molar-refractivity contribution in [3.8, 4) is 5.75 Å². The standard InChI is InChI=1S/C18H12F2O2/c19-16-9-8-14(11-17(16)20)22-18(21)10-13-6-3-5-12-4-1-2-7-15(12)13/h1-9,11H,10H2. The summed E-state index contributed by atoms with van der Waals surface area (Å²) in [4.78, 5) is 12.0. The molecule has 0 unspecified atom stereocenters. The van der Waals surface area contributed by atoms with E-state index in [4.69, 9.17) is 4.74 Å². The van der Waals surface area contributed by atoms with Gasteiger partial charge < -0.3 is 4.74 Å². The summed E-state index contributed by atoms with van der Waals surface area (Å²) in [5, 5.41) is 1.99. The van der Waals surface area contributed by atoms with Gasteiger partial charge in [0.1, 0.15) is 5.75 Å². The van der Waals surface area contributed by atoms with Gasteiger partial charge in [0.05, 0.1) is 6.42 Å². The molecule has 0 amide bonds. The molecule has 22 heavy (non-hydrogen) atoms. The van der Waals surface area contributed by atoms with E-state index in [2.05, 4.69) is 0 Å². The maximum absolute atomic E-state index is 13.1.